The van der Waals surface area contributed by atoms with Crippen LogP contribution in [0.3, 0.4) is 0 Å². The summed E-state index contributed by atoms with van der Waals surface area (Å²) in [7, 11) is 0. The van der Waals surface area contributed by atoms with Crippen LogP contribution < -0.4 is 10.6 Å². The minimum Gasteiger partial charge on any atom is -0.456 e. The highest BCUT2D eigenvalue weighted by Gasteiger charge is 2.42. The molecular weight excluding hydrogens is 560 g/mol. The lowest BCUT2D eigenvalue weighted by molar-refractivity contribution is -0.153. The lowest BCUT2D eigenvalue weighted by Gasteiger charge is -2.27. The van der Waals surface area contributed by atoms with E-state index in [4.69, 9.17) is 4.74 Å². The molecule has 41 heavy (non-hydrogen) atoms. The first-order valence-electron chi connectivity index (χ1n) is 14.7. The molecule has 4 bridgehead atoms. The largest absolute Gasteiger partial charge is 0.456 e. The molecule has 0 radical (unpaired) electrons. The van der Waals surface area contributed by atoms with Crippen LogP contribution in [0.1, 0.15) is 85.5 Å². The van der Waals surface area contributed by atoms with Gasteiger partial charge in [-0.05, 0) is 31.8 Å². The number of ether oxygens (including phenoxy) is 1. The van der Waals surface area contributed by atoms with Gasteiger partial charge in [0.05, 0.1) is 18.7 Å². The second kappa shape index (κ2) is 16.3. The number of cyclic esters (lactones) is 1. The fourth-order valence-electron chi connectivity index (χ4n) is 4.52. The van der Waals surface area contributed by atoms with Crippen molar-refractivity contribution in [2.45, 2.75) is 103 Å². The smallest absolute Gasteiger partial charge is 0.329 e. The van der Waals surface area contributed by atoms with Crippen LogP contribution in [-0.2, 0) is 23.9 Å². The second-order valence-electron chi connectivity index (χ2n) is 11.2. The molecule has 3 heterocycles. The molecule has 0 aromatic carbocycles. The van der Waals surface area contributed by atoms with Crippen molar-refractivity contribution in [1.29, 1.82) is 0 Å². The Kier molecular flexibility index (Phi) is 13.2. The number of allylic oxidation sites excluding steroid dienone is 2. The fourth-order valence-corrected chi connectivity index (χ4v) is 6.45. The summed E-state index contributed by atoms with van der Waals surface area (Å²) in [4.78, 5) is 60.8. The molecule has 0 spiro atoms. The topological polar surface area (TPSA) is 126 Å². The van der Waals surface area contributed by atoms with E-state index in [-0.39, 0.29) is 35.8 Å². The monoisotopic (exact) mass is 604 g/mol. The zero-order valence-corrected chi connectivity index (χ0v) is 26.3. The molecule has 11 heteroatoms. The third-order valence-electron chi connectivity index (χ3n) is 7.09. The van der Waals surface area contributed by atoms with E-state index in [1.54, 1.807) is 13.0 Å². The van der Waals surface area contributed by atoms with Gasteiger partial charge in [0.15, 0.2) is 5.12 Å². The van der Waals surface area contributed by atoms with Gasteiger partial charge >= 0.3 is 5.97 Å². The number of carbonyl (C=O) groups is 4. The Balaban J connectivity index is 1.65. The van der Waals surface area contributed by atoms with Gasteiger partial charge in [-0.2, -0.15) is 0 Å². The average Bonchev–Trinajstić information content (AvgIpc) is 3.56. The average molecular weight is 605 g/mol. The maximum absolute atomic E-state index is 13.3. The van der Waals surface area contributed by atoms with Crippen molar-refractivity contribution in [2.24, 2.45) is 15.9 Å². The molecule has 0 unspecified atom stereocenters. The van der Waals surface area contributed by atoms with Gasteiger partial charge in [-0.3, -0.25) is 24.4 Å². The van der Waals surface area contributed by atoms with Crippen molar-refractivity contribution in [3.8, 4) is 0 Å². The number of nitrogens with one attached hydrogen (secondary N) is 2. The maximum Gasteiger partial charge on any atom is 0.329 e. The standard InChI is InChI=1S/C30H44N4O5S2/c1-5-6-7-8-9-13-25(36)40-16-11-10-12-22-17-24(35)31-18-21-14-15-23(32-21)27-34-30(4,19-41-27)29(38)33-26(20(2)3)28(37)39-22/h10,12,15,20,22,26H,5-9,11,13-14,16-19H2,1-4H3,(H,31,35)(H,33,38)/b12-10+/t22-,26+,30+/m1/s1. The summed E-state index contributed by atoms with van der Waals surface area (Å²) in [5.41, 5.74) is 0.496. The van der Waals surface area contributed by atoms with Crippen LogP contribution in [0.15, 0.2) is 33.9 Å². The number of amides is 2. The first-order valence-corrected chi connectivity index (χ1v) is 16.7. The van der Waals surface area contributed by atoms with Gasteiger partial charge in [0.25, 0.3) is 0 Å². The summed E-state index contributed by atoms with van der Waals surface area (Å²) in [6.07, 6.45) is 12.0. The normalized spacial score (nSPS) is 25.5. The number of nitrogens with zero attached hydrogens (tertiary/aromatic N) is 2. The number of esters is 1. The third-order valence-corrected chi connectivity index (χ3v) is 9.34. The SMILES string of the molecule is CCCCCCCC(=O)SCC/C=C/[C@@H]1CC(=O)NCC2=NC(=CC2)C2=N[C@@](C)(CS2)C(=O)N[C@@H](C(C)C)C(=O)O1. The molecule has 0 fully saturated rings. The molecule has 0 saturated carbocycles. The van der Waals surface area contributed by atoms with Crippen LogP contribution in [0.25, 0.3) is 0 Å². The molecule has 3 rings (SSSR count). The second-order valence-corrected chi connectivity index (χ2v) is 13.3. The van der Waals surface area contributed by atoms with Gasteiger partial charge in [0, 0.05) is 30.1 Å². The van der Waals surface area contributed by atoms with Crippen molar-refractivity contribution in [2.75, 3.05) is 18.1 Å². The first kappa shape index (κ1) is 33.1. The van der Waals surface area contributed by atoms with E-state index >= 15 is 0 Å². The van der Waals surface area contributed by atoms with Gasteiger partial charge in [0.2, 0.25) is 11.8 Å². The number of rotatable bonds is 11. The molecule has 3 atom stereocenters. The van der Waals surface area contributed by atoms with E-state index < -0.39 is 23.7 Å². The summed E-state index contributed by atoms with van der Waals surface area (Å²) >= 11 is 2.78. The molecule has 9 nitrogen and oxygen atoms in total. The maximum atomic E-state index is 13.3. The zero-order chi connectivity index (χ0) is 29.8. The molecular formula is C30H44N4O5S2. The van der Waals surface area contributed by atoms with Gasteiger partial charge in [-0.15, -0.1) is 11.8 Å². The van der Waals surface area contributed by atoms with E-state index in [1.807, 2.05) is 26.0 Å². The Morgan fingerprint density at radius 1 is 1.24 bits per heavy atom. The highest BCUT2D eigenvalue weighted by Crippen LogP contribution is 2.33. The van der Waals surface area contributed by atoms with Crippen molar-refractivity contribution in [3.63, 3.8) is 0 Å². The van der Waals surface area contributed by atoms with Gasteiger partial charge in [-0.25, -0.2) is 4.79 Å². The van der Waals surface area contributed by atoms with Crippen LogP contribution in [0.4, 0.5) is 0 Å². The van der Waals surface area contributed by atoms with Crippen LogP contribution in [0.2, 0.25) is 0 Å². The molecule has 3 aliphatic heterocycles. The summed E-state index contributed by atoms with van der Waals surface area (Å²) in [5, 5.41) is 6.62. The zero-order valence-electron chi connectivity index (χ0n) is 24.7. The number of unbranched alkanes of at least 4 members (excludes halogenated alkanes) is 4. The van der Waals surface area contributed by atoms with E-state index in [1.165, 1.54) is 42.8 Å². The lowest BCUT2D eigenvalue weighted by atomic mass is 10.0. The van der Waals surface area contributed by atoms with E-state index in [0.717, 1.165) is 24.3 Å². The predicted octanol–water partition coefficient (Wildman–Crippen LogP) is 4.76. The first-order chi connectivity index (χ1) is 19.6. The minimum absolute atomic E-state index is 0.0569. The van der Waals surface area contributed by atoms with Crippen molar-refractivity contribution in [3.05, 3.63) is 23.9 Å². The minimum atomic E-state index is -1.03. The van der Waals surface area contributed by atoms with Gasteiger partial charge < -0.3 is 15.4 Å². The van der Waals surface area contributed by atoms with E-state index in [2.05, 4.69) is 27.5 Å². The molecule has 0 saturated heterocycles. The quantitative estimate of drug-likeness (QED) is 0.198. The molecule has 226 valence electrons. The molecule has 0 aliphatic carbocycles. The predicted molar refractivity (Wildman–Crippen MR) is 167 cm³/mol. The number of thioether (sulfide) groups is 2. The van der Waals surface area contributed by atoms with E-state index in [0.29, 0.717) is 35.8 Å². The van der Waals surface area contributed by atoms with Crippen molar-refractivity contribution < 1.29 is 23.9 Å². The Hall–Kier alpha value is -2.40. The Morgan fingerprint density at radius 3 is 2.78 bits per heavy atom. The Bertz CT molecular complexity index is 1100. The van der Waals surface area contributed by atoms with Crippen molar-refractivity contribution in [1.82, 2.24) is 10.6 Å². The van der Waals surface area contributed by atoms with Crippen LogP contribution in [-0.4, -0.2) is 69.4 Å². The molecule has 2 N–H and O–H groups in total. The fraction of sp³-hybridized carbons (Fsp3) is 0.667. The summed E-state index contributed by atoms with van der Waals surface area (Å²) in [5.74, 6) is -0.385. The molecule has 0 aromatic heterocycles. The highest BCUT2D eigenvalue weighted by atomic mass is 32.2. The molecule has 2 amide bonds. The number of aliphatic imine (C=N–C) groups is 2. The summed E-state index contributed by atoms with van der Waals surface area (Å²) in [6, 6.07) is -0.892. The van der Waals surface area contributed by atoms with Crippen molar-refractivity contribution >= 4 is 57.2 Å². The third kappa shape index (κ3) is 10.4. The van der Waals surface area contributed by atoms with Gasteiger partial charge in [-0.1, -0.05) is 70.4 Å². The molecule has 0 aromatic rings. The summed E-state index contributed by atoms with van der Waals surface area (Å²) in [6.45, 7) is 7.88. The number of carbonyl (C=O) groups excluding carboxylic acids is 4. The van der Waals surface area contributed by atoms with Gasteiger partial charge in [0.1, 0.15) is 22.7 Å². The van der Waals surface area contributed by atoms with Crippen LogP contribution in [0.5, 0.6) is 0 Å². The molecule has 3 aliphatic rings. The Morgan fingerprint density at radius 2 is 2.02 bits per heavy atom. The van der Waals surface area contributed by atoms with E-state index in [9.17, 15) is 19.2 Å². The van der Waals surface area contributed by atoms with Crippen LogP contribution in [0, 0.1) is 5.92 Å². The number of hydrogen-bond donors (Lipinski definition) is 2. The number of fused-ring (bicyclic) bond motifs is 3. The Labute approximate surface area is 252 Å². The lowest BCUT2D eigenvalue weighted by Crippen LogP contribution is -2.53. The van der Waals surface area contributed by atoms with Crippen LogP contribution >= 0.6 is 23.5 Å². The summed E-state index contributed by atoms with van der Waals surface area (Å²) < 4.78 is 5.77. The number of hydrogen-bond acceptors (Lipinski definition) is 9. The highest BCUT2D eigenvalue weighted by molar-refractivity contribution is 8.14.